The van der Waals surface area contributed by atoms with E-state index < -0.39 is 0 Å². The molecule has 3 aliphatic carbocycles. The summed E-state index contributed by atoms with van der Waals surface area (Å²) in [6.07, 6.45) is 62.8. The third-order valence-corrected chi connectivity index (χ3v) is 20.1. The van der Waals surface area contributed by atoms with Crippen LogP contribution in [-0.2, 0) is 0 Å². The molecule has 386 valence electrons. The first-order valence-electron chi connectivity index (χ1n) is 31.5. The molecule has 12 atom stereocenters. The van der Waals surface area contributed by atoms with Crippen molar-refractivity contribution in [2.45, 2.75) is 338 Å². The van der Waals surface area contributed by atoms with Crippen molar-refractivity contribution >= 4 is 0 Å². The highest BCUT2D eigenvalue weighted by Crippen LogP contribution is 2.45. The molecule has 0 bridgehead atoms. The summed E-state index contributed by atoms with van der Waals surface area (Å²) in [4.78, 5) is 0. The van der Waals surface area contributed by atoms with E-state index in [2.05, 4.69) is 55.4 Å². The Hall–Kier alpha value is -0.0400. The summed E-state index contributed by atoms with van der Waals surface area (Å²) >= 11 is 0. The van der Waals surface area contributed by atoms with E-state index in [1.54, 1.807) is 0 Å². The van der Waals surface area contributed by atoms with E-state index >= 15 is 0 Å². The predicted octanol–water partition coefficient (Wildman–Crippen LogP) is 21.7. The largest absolute Gasteiger partial charge is 0.327 e. The lowest BCUT2D eigenvalue weighted by atomic mass is 9.63. The van der Waals surface area contributed by atoms with E-state index in [1.165, 1.54) is 276 Å². The maximum atomic E-state index is 7.64. The van der Waals surface area contributed by atoms with E-state index in [1.807, 2.05) is 0 Å². The van der Waals surface area contributed by atoms with E-state index in [0.29, 0.717) is 6.04 Å². The van der Waals surface area contributed by atoms with Gasteiger partial charge in [-0.15, -0.1) is 0 Å². The SMILES string of the molecule is CCC(C)C(CC)CC(CCCCCCC1CCCCCCCCCCCCC1)C(N)C1CCCCCCC[C@H](CC(C)CCCCCC2CCCC(C(CC)C(C)CC)C2C)CCC1. The molecular formula is C64H125N. The Morgan fingerprint density at radius 1 is 0.431 bits per heavy atom. The zero-order valence-corrected chi connectivity index (χ0v) is 46.5. The molecule has 0 radical (unpaired) electrons. The van der Waals surface area contributed by atoms with E-state index in [0.717, 1.165) is 71.0 Å². The van der Waals surface area contributed by atoms with Gasteiger partial charge in [0.15, 0.2) is 0 Å². The monoisotopic (exact) mass is 908 g/mol. The fourth-order valence-corrected chi connectivity index (χ4v) is 15.1. The lowest BCUT2D eigenvalue weighted by Gasteiger charge is -2.42. The smallest absolute Gasteiger partial charge is 0.00957 e. The molecule has 3 fully saturated rings. The number of nitrogens with two attached hydrogens (primary N) is 1. The summed E-state index contributed by atoms with van der Waals surface area (Å²) in [5.41, 5.74) is 7.64. The Morgan fingerprint density at radius 2 is 0.923 bits per heavy atom. The zero-order valence-electron chi connectivity index (χ0n) is 46.5. The number of unbranched alkanes of at least 4 members (excludes halogenated alkanes) is 5. The van der Waals surface area contributed by atoms with Gasteiger partial charge in [-0.3, -0.25) is 0 Å². The second-order valence-corrected chi connectivity index (χ2v) is 25.0. The van der Waals surface area contributed by atoms with Crippen molar-refractivity contribution in [3.8, 4) is 0 Å². The molecule has 0 spiro atoms. The van der Waals surface area contributed by atoms with Crippen LogP contribution in [0.4, 0.5) is 0 Å². The Bertz CT molecular complexity index is 1040. The molecule has 0 heterocycles. The highest BCUT2D eigenvalue weighted by molar-refractivity contribution is 4.86. The van der Waals surface area contributed by atoms with Gasteiger partial charge in [-0.25, -0.2) is 0 Å². The molecular weight excluding hydrogens is 783 g/mol. The van der Waals surface area contributed by atoms with Crippen LogP contribution in [-0.4, -0.2) is 6.04 Å². The second kappa shape index (κ2) is 37.7. The third-order valence-electron chi connectivity index (χ3n) is 20.1. The third kappa shape index (κ3) is 25.1. The lowest BCUT2D eigenvalue weighted by molar-refractivity contribution is 0.0752. The van der Waals surface area contributed by atoms with Crippen molar-refractivity contribution < 1.29 is 0 Å². The lowest BCUT2D eigenvalue weighted by Crippen LogP contribution is -2.39. The maximum Gasteiger partial charge on any atom is 0.00957 e. The summed E-state index contributed by atoms with van der Waals surface area (Å²) in [5.74, 6) is 10.8. The van der Waals surface area contributed by atoms with Crippen LogP contribution in [0.15, 0.2) is 0 Å². The first kappa shape index (κ1) is 59.3. The molecule has 3 rings (SSSR count). The van der Waals surface area contributed by atoms with E-state index in [-0.39, 0.29) is 0 Å². The van der Waals surface area contributed by atoms with Gasteiger partial charge in [-0.2, -0.15) is 0 Å². The van der Waals surface area contributed by atoms with Gasteiger partial charge in [-0.1, -0.05) is 293 Å². The number of hydrogen-bond acceptors (Lipinski definition) is 1. The van der Waals surface area contributed by atoms with E-state index in [9.17, 15) is 0 Å². The molecule has 0 aromatic carbocycles. The van der Waals surface area contributed by atoms with Crippen molar-refractivity contribution in [1.82, 2.24) is 0 Å². The second-order valence-electron chi connectivity index (χ2n) is 25.0. The van der Waals surface area contributed by atoms with Crippen LogP contribution in [0, 0.1) is 71.0 Å². The molecule has 65 heavy (non-hydrogen) atoms. The van der Waals surface area contributed by atoms with E-state index in [4.69, 9.17) is 5.73 Å². The van der Waals surface area contributed by atoms with Gasteiger partial charge in [0.1, 0.15) is 0 Å². The molecule has 3 aliphatic rings. The molecule has 11 unspecified atom stereocenters. The summed E-state index contributed by atoms with van der Waals surface area (Å²) in [7, 11) is 0. The summed E-state index contributed by atoms with van der Waals surface area (Å²) in [5, 5.41) is 0. The highest BCUT2D eigenvalue weighted by atomic mass is 14.7. The standard InChI is InChI=1S/C64H125N/c1-9-53(6)58(11-3)51-61(46-34-26-25-31-41-56-39-29-21-18-16-14-13-15-17-19-22-30-40-56)64(65)60-45-33-24-20-23-32-42-57(43-36-48-60)50-52(5)38-28-27-35-44-59-47-37-49-63(55(59)8)62(12-4)54(7)10-2/h52-64H,9-51,65H2,1-8H3/t52?,53?,54?,55?,57-,58?,59?,60?,61?,62?,63?,64?/m0/s1. The minimum absolute atomic E-state index is 0.411. The predicted molar refractivity (Wildman–Crippen MR) is 294 cm³/mol. The molecule has 1 nitrogen and oxygen atoms in total. The average molecular weight is 909 g/mol. The Labute approximate surface area is 412 Å². The Balaban J connectivity index is 1.47. The number of hydrogen-bond donors (Lipinski definition) is 1. The molecule has 1 heteroatoms. The Kier molecular flexibility index (Phi) is 34.4. The van der Waals surface area contributed by atoms with Crippen LogP contribution in [0.25, 0.3) is 0 Å². The van der Waals surface area contributed by atoms with Crippen LogP contribution in [0.5, 0.6) is 0 Å². The zero-order chi connectivity index (χ0) is 46.9. The van der Waals surface area contributed by atoms with Crippen molar-refractivity contribution in [3.63, 3.8) is 0 Å². The summed E-state index contributed by atoms with van der Waals surface area (Å²) < 4.78 is 0. The van der Waals surface area contributed by atoms with Gasteiger partial charge >= 0.3 is 0 Å². The minimum Gasteiger partial charge on any atom is -0.327 e. The van der Waals surface area contributed by atoms with Crippen LogP contribution in [0.2, 0.25) is 0 Å². The molecule has 0 aromatic heterocycles. The quantitative estimate of drug-likeness (QED) is 0.0860. The van der Waals surface area contributed by atoms with Gasteiger partial charge in [0, 0.05) is 6.04 Å². The summed E-state index contributed by atoms with van der Waals surface area (Å²) in [6.45, 7) is 20.2. The van der Waals surface area contributed by atoms with Crippen LogP contribution < -0.4 is 5.73 Å². The van der Waals surface area contributed by atoms with Crippen LogP contribution in [0.3, 0.4) is 0 Å². The van der Waals surface area contributed by atoms with Crippen LogP contribution >= 0.6 is 0 Å². The van der Waals surface area contributed by atoms with Gasteiger partial charge in [0.05, 0.1) is 0 Å². The van der Waals surface area contributed by atoms with Crippen molar-refractivity contribution in [2.75, 3.05) is 0 Å². The molecule has 3 saturated carbocycles. The topological polar surface area (TPSA) is 26.0 Å². The average Bonchev–Trinajstić information content (AvgIpc) is 3.30. The van der Waals surface area contributed by atoms with Crippen LogP contribution in [0.1, 0.15) is 331 Å². The maximum absolute atomic E-state index is 7.64. The van der Waals surface area contributed by atoms with Gasteiger partial charge in [0.2, 0.25) is 0 Å². The summed E-state index contributed by atoms with van der Waals surface area (Å²) in [6, 6.07) is 0.411. The fraction of sp³-hybridized carbons (Fsp3) is 1.00. The Morgan fingerprint density at radius 3 is 1.52 bits per heavy atom. The first-order chi connectivity index (χ1) is 31.7. The highest BCUT2D eigenvalue weighted by Gasteiger charge is 2.36. The molecule has 0 aliphatic heterocycles. The molecule has 0 amide bonds. The fourth-order valence-electron chi connectivity index (χ4n) is 15.1. The number of rotatable bonds is 26. The minimum atomic E-state index is 0.411. The van der Waals surface area contributed by atoms with Crippen molar-refractivity contribution in [3.05, 3.63) is 0 Å². The molecule has 0 saturated heterocycles. The van der Waals surface area contributed by atoms with Gasteiger partial charge in [0.25, 0.3) is 0 Å². The van der Waals surface area contributed by atoms with Crippen molar-refractivity contribution in [1.29, 1.82) is 0 Å². The van der Waals surface area contributed by atoms with Gasteiger partial charge < -0.3 is 5.73 Å². The molecule has 2 N–H and O–H groups in total. The molecule has 0 aromatic rings. The van der Waals surface area contributed by atoms with Gasteiger partial charge in [-0.05, 0) is 110 Å². The first-order valence-corrected chi connectivity index (χ1v) is 31.5. The van der Waals surface area contributed by atoms with Crippen molar-refractivity contribution in [2.24, 2.45) is 76.7 Å². The normalized spacial score (nSPS) is 28.1.